The fourth-order valence-corrected chi connectivity index (χ4v) is 5.09. The first kappa shape index (κ1) is 26.7. The SMILES string of the molecule is CO[C@H](Cc1ccc(OCc2ccccc2)cc1)CC(C(N)=O)C(c1cccnc1)C1(C(F)(F)F)CC1. The molecule has 0 saturated heterocycles. The molecule has 0 radical (unpaired) electrons. The van der Waals surface area contributed by atoms with Gasteiger partial charge in [0.05, 0.1) is 11.5 Å². The van der Waals surface area contributed by atoms with Crippen molar-refractivity contribution >= 4 is 5.91 Å². The predicted molar refractivity (Wildman–Crippen MR) is 134 cm³/mol. The molecule has 3 aromatic rings. The molecule has 0 spiro atoms. The van der Waals surface area contributed by atoms with Crippen molar-refractivity contribution in [3.8, 4) is 5.75 Å². The van der Waals surface area contributed by atoms with Crippen LogP contribution in [0.1, 0.15) is 41.9 Å². The number of primary amides is 1. The van der Waals surface area contributed by atoms with Gasteiger partial charge in [0, 0.05) is 31.3 Å². The van der Waals surface area contributed by atoms with Crippen LogP contribution in [0.4, 0.5) is 13.2 Å². The lowest BCUT2D eigenvalue weighted by atomic mass is 9.71. The van der Waals surface area contributed by atoms with E-state index in [9.17, 15) is 18.0 Å². The van der Waals surface area contributed by atoms with Crippen LogP contribution in [-0.4, -0.2) is 30.3 Å². The van der Waals surface area contributed by atoms with Crippen molar-refractivity contribution in [3.05, 3.63) is 95.8 Å². The third-order valence-corrected chi connectivity index (χ3v) is 7.25. The van der Waals surface area contributed by atoms with E-state index < -0.39 is 35.4 Å². The van der Waals surface area contributed by atoms with Crippen molar-refractivity contribution < 1.29 is 27.4 Å². The van der Waals surface area contributed by atoms with Crippen LogP contribution in [0.2, 0.25) is 0 Å². The second-order valence-corrected chi connectivity index (χ2v) is 9.64. The summed E-state index contributed by atoms with van der Waals surface area (Å²) < 4.78 is 54.1. The van der Waals surface area contributed by atoms with Gasteiger partial charge in [-0.05, 0) is 60.6 Å². The second-order valence-electron chi connectivity index (χ2n) is 9.64. The quantitative estimate of drug-likeness (QED) is 0.331. The Hall–Kier alpha value is -3.39. The fourth-order valence-electron chi connectivity index (χ4n) is 5.09. The Morgan fingerprint density at radius 3 is 2.27 bits per heavy atom. The van der Waals surface area contributed by atoms with Gasteiger partial charge in [-0.25, -0.2) is 0 Å². The molecule has 196 valence electrons. The third kappa shape index (κ3) is 6.31. The van der Waals surface area contributed by atoms with Crippen LogP contribution < -0.4 is 10.5 Å². The number of hydrogen-bond donors (Lipinski definition) is 1. The fraction of sp³-hybridized carbons (Fsp3) is 0.379. The van der Waals surface area contributed by atoms with E-state index >= 15 is 0 Å². The Labute approximate surface area is 214 Å². The summed E-state index contributed by atoms with van der Waals surface area (Å²) in [5.41, 5.74) is 6.10. The Bertz CT molecular complexity index is 1150. The number of benzene rings is 2. The van der Waals surface area contributed by atoms with E-state index in [0.29, 0.717) is 24.3 Å². The van der Waals surface area contributed by atoms with E-state index in [0.717, 1.165) is 11.1 Å². The lowest BCUT2D eigenvalue weighted by Crippen LogP contribution is -2.41. The van der Waals surface area contributed by atoms with Gasteiger partial charge in [-0.15, -0.1) is 0 Å². The molecule has 0 aliphatic heterocycles. The van der Waals surface area contributed by atoms with Crippen molar-refractivity contribution in [1.29, 1.82) is 0 Å². The summed E-state index contributed by atoms with van der Waals surface area (Å²) in [6.45, 7) is 0.442. The van der Waals surface area contributed by atoms with Crippen LogP contribution in [0.3, 0.4) is 0 Å². The van der Waals surface area contributed by atoms with Crippen molar-refractivity contribution in [2.45, 2.75) is 50.5 Å². The maximum Gasteiger partial charge on any atom is 0.395 e. The minimum atomic E-state index is -4.46. The lowest BCUT2D eigenvalue weighted by molar-refractivity contribution is -0.199. The Balaban J connectivity index is 1.49. The van der Waals surface area contributed by atoms with Crippen molar-refractivity contribution in [3.63, 3.8) is 0 Å². The molecule has 1 aliphatic carbocycles. The van der Waals surface area contributed by atoms with E-state index in [1.807, 2.05) is 54.6 Å². The van der Waals surface area contributed by atoms with Crippen LogP contribution >= 0.6 is 0 Å². The van der Waals surface area contributed by atoms with Gasteiger partial charge < -0.3 is 15.2 Å². The molecular formula is C29H31F3N2O3. The standard InChI is InChI=1S/C29H31F3N2O3/c1-36-24(16-20-9-11-23(12-10-20)37-19-21-6-3-2-4-7-21)17-25(27(33)35)26(22-8-5-15-34-18-22)28(13-14-28)29(30,31)32/h2-12,15,18,24-26H,13-14,16-17,19H2,1H3,(H2,33,35)/t24-,25?,26?/m1/s1. The first-order chi connectivity index (χ1) is 17.7. The molecule has 2 unspecified atom stereocenters. The van der Waals surface area contributed by atoms with Crippen molar-refractivity contribution in [2.24, 2.45) is 17.1 Å². The summed E-state index contributed by atoms with van der Waals surface area (Å²) in [4.78, 5) is 16.6. The molecular weight excluding hydrogens is 481 g/mol. The van der Waals surface area contributed by atoms with Gasteiger partial charge in [0.25, 0.3) is 0 Å². The maximum atomic E-state index is 14.2. The maximum absolute atomic E-state index is 14.2. The molecule has 1 aliphatic rings. The lowest BCUT2D eigenvalue weighted by Gasteiger charge is -2.35. The molecule has 4 rings (SSSR count). The summed E-state index contributed by atoms with van der Waals surface area (Å²) in [7, 11) is 1.50. The first-order valence-corrected chi connectivity index (χ1v) is 12.3. The van der Waals surface area contributed by atoms with Crippen molar-refractivity contribution in [2.75, 3.05) is 7.11 Å². The van der Waals surface area contributed by atoms with Gasteiger partial charge in [-0.3, -0.25) is 9.78 Å². The van der Waals surface area contributed by atoms with Gasteiger partial charge in [0.2, 0.25) is 5.91 Å². The molecule has 1 amide bonds. The van der Waals surface area contributed by atoms with Gasteiger partial charge in [-0.1, -0.05) is 48.5 Å². The minimum absolute atomic E-state index is 0.0397. The number of hydrogen-bond acceptors (Lipinski definition) is 4. The highest BCUT2D eigenvalue weighted by molar-refractivity contribution is 5.78. The van der Waals surface area contributed by atoms with E-state index in [2.05, 4.69) is 4.98 Å². The number of methoxy groups -OCH3 is 1. The van der Waals surface area contributed by atoms with Gasteiger partial charge in [-0.2, -0.15) is 13.2 Å². The highest BCUT2D eigenvalue weighted by Crippen LogP contribution is 2.67. The number of rotatable bonds is 12. The average Bonchev–Trinajstić information content (AvgIpc) is 3.70. The van der Waals surface area contributed by atoms with Gasteiger partial charge in [0.15, 0.2) is 0 Å². The summed E-state index contributed by atoms with van der Waals surface area (Å²) >= 11 is 0. The van der Waals surface area contributed by atoms with Crippen molar-refractivity contribution in [1.82, 2.24) is 4.98 Å². The monoisotopic (exact) mass is 512 g/mol. The highest BCUT2D eigenvalue weighted by atomic mass is 19.4. The van der Waals surface area contributed by atoms with E-state index in [1.54, 1.807) is 12.1 Å². The van der Waals surface area contributed by atoms with Crippen LogP contribution in [0.25, 0.3) is 0 Å². The molecule has 0 bridgehead atoms. The second kappa shape index (κ2) is 11.3. The summed E-state index contributed by atoms with van der Waals surface area (Å²) in [6.07, 6.45) is -1.66. The Morgan fingerprint density at radius 2 is 1.73 bits per heavy atom. The Morgan fingerprint density at radius 1 is 1.03 bits per heavy atom. The van der Waals surface area contributed by atoms with Crippen LogP contribution in [0.15, 0.2) is 79.1 Å². The minimum Gasteiger partial charge on any atom is -0.489 e. The molecule has 1 fully saturated rings. The summed E-state index contributed by atoms with van der Waals surface area (Å²) in [5, 5.41) is 0. The summed E-state index contributed by atoms with van der Waals surface area (Å²) in [5.74, 6) is -2.25. The Kier molecular flexibility index (Phi) is 8.17. The van der Waals surface area contributed by atoms with Gasteiger partial charge >= 0.3 is 6.18 Å². The number of nitrogens with two attached hydrogens (primary N) is 1. The number of ether oxygens (including phenoxy) is 2. The molecule has 1 aromatic heterocycles. The number of carbonyl (C=O) groups is 1. The zero-order valence-electron chi connectivity index (χ0n) is 20.7. The molecule has 1 saturated carbocycles. The molecule has 37 heavy (non-hydrogen) atoms. The number of carbonyl (C=O) groups excluding carboxylic acids is 1. The normalized spacial score (nSPS) is 17.0. The molecule has 1 heterocycles. The largest absolute Gasteiger partial charge is 0.489 e. The van der Waals surface area contributed by atoms with Crippen LogP contribution in [-0.2, 0) is 22.6 Å². The first-order valence-electron chi connectivity index (χ1n) is 12.3. The zero-order valence-corrected chi connectivity index (χ0v) is 20.7. The average molecular weight is 513 g/mol. The van der Waals surface area contributed by atoms with E-state index in [4.69, 9.17) is 15.2 Å². The number of nitrogens with zero attached hydrogens (tertiary/aromatic N) is 1. The van der Waals surface area contributed by atoms with Gasteiger partial charge in [0.1, 0.15) is 12.4 Å². The third-order valence-electron chi connectivity index (χ3n) is 7.25. The topological polar surface area (TPSA) is 74.4 Å². The molecule has 2 aromatic carbocycles. The molecule has 2 N–H and O–H groups in total. The molecule has 8 heteroatoms. The number of alkyl halides is 3. The van der Waals surface area contributed by atoms with E-state index in [-0.39, 0.29) is 19.3 Å². The van der Waals surface area contributed by atoms with E-state index in [1.165, 1.54) is 19.5 Å². The molecule has 5 nitrogen and oxygen atoms in total. The summed E-state index contributed by atoms with van der Waals surface area (Å²) in [6, 6.07) is 20.5. The number of amides is 1. The smallest absolute Gasteiger partial charge is 0.395 e. The number of aromatic nitrogens is 1. The number of pyridine rings is 1. The number of halogens is 3. The highest BCUT2D eigenvalue weighted by Gasteiger charge is 2.69. The predicted octanol–water partition coefficient (Wildman–Crippen LogP) is 5.84. The zero-order chi connectivity index (χ0) is 26.5. The molecule has 3 atom stereocenters. The van der Waals surface area contributed by atoms with Crippen LogP contribution in [0, 0.1) is 11.3 Å². The van der Waals surface area contributed by atoms with Crippen LogP contribution in [0.5, 0.6) is 5.75 Å².